The van der Waals surface area contributed by atoms with Gasteiger partial charge in [-0.2, -0.15) is 0 Å². The van der Waals surface area contributed by atoms with Crippen molar-refractivity contribution in [1.82, 2.24) is 4.90 Å². The average Bonchev–Trinajstić information content (AvgIpc) is 2.26. The van der Waals surface area contributed by atoms with Crippen molar-refractivity contribution in [3.05, 3.63) is 0 Å². The van der Waals surface area contributed by atoms with Crippen molar-refractivity contribution in [2.75, 3.05) is 19.6 Å². The second kappa shape index (κ2) is 6.38. The summed E-state index contributed by atoms with van der Waals surface area (Å²) in [5.74, 6) is 2.84. The van der Waals surface area contributed by atoms with Crippen LogP contribution in [0.1, 0.15) is 53.4 Å². The molecule has 1 saturated carbocycles. The third-order valence-electron chi connectivity index (χ3n) is 4.74. The van der Waals surface area contributed by atoms with Gasteiger partial charge in [-0.25, -0.2) is 0 Å². The van der Waals surface area contributed by atoms with Crippen molar-refractivity contribution in [2.45, 2.75) is 65.6 Å². The van der Waals surface area contributed by atoms with Gasteiger partial charge in [-0.1, -0.05) is 13.8 Å². The minimum atomic E-state index is 0.388. The van der Waals surface area contributed by atoms with Crippen molar-refractivity contribution in [3.8, 4) is 0 Å². The normalized spacial score (nSPS) is 31.0. The molecule has 0 unspecified atom stereocenters. The first kappa shape index (κ1) is 14.3. The molecule has 0 aromatic heterocycles. The first-order valence-corrected chi connectivity index (χ1v) is 7.92. The van der Waals surface area contributed by atoms with Gasteiger partial charge in [-0.15, -0.1) is 0 Å². The molecule has 2 rings (SSSR count). The Kier molecular flexibility index (Phi) is 5.08. The number of rotatable bonds is 5. The highest BCUT2D eigenvalue weighted by atomic mass is 16.5. The van der Waals surface area contributed by atoms with Crippen LogP contribution in [-0.2, 0) is 4.74 Å². The molecule has 18 heavy (non-hydrogen) atoms. The van der Waals surface area contributed by atoms with E-state index in [1.165, 1.54) is 45.3 Å². The monoisotopic (exact) mass is 253 g/mol. The fourth-order valence-electron chi connectivity index (χ4n) is 3.55. The van der Waals surface area contributed by atoms with Crippen LogP contribution < -0.4 is 0 Å². The van der Waals surface area contributed by atoms with Gasteiger partial charge in [0, 0.05) is 19.6 Å². The molecule has 1 aliphatic heterocycles. The van der Waals surface area contributed by atoms with E-state index in [0.29, 0.717) is 12.2 Å². The highest BCUT2D eigenvalue weighted by Gasteiger charge is 2.31. The van der Waals surface area contributed by atoms with Crippen LogP contribution in [0.4, 0.5) is 0 Å². The molecule has 2 heteroatoms. The second-order valence-electron chi connectivity index (χ2n) is 7.05. The Labute approximate surface area is 113 Å². The highest BCUT2D eigenvalue weighted by Crippen LogP contribution is 2.34. The molecule has 1 aliphatic carbocycles. The Morgan fingerprint density at radius 2 is 1.61 bits per heavy atom. The lowest BCUT2D eigenvalue weighted by Gasteiger charge is -2.43. The Morgan fingerprint density at radius 1 is 1.00 bits per heavy atom. The summed E-state index contributed by atoms with van der Waals surface area (Å²) in [6.07, 6.45) is 6.73. The molecule has 0 amide bonds. The van der Waals surface area contributed by atoms with E-state index in [1.807, 2.05) is 0 Å². The van der Waals surface area contributed by atoms with Crippen molar-refractivity contribution >= 4 is 0 Å². The summed E-state index contributed by atoms with van der Waals surface area (Å²) in [7, 11) is 0. The van der Waals surface area contributed by atoms with Crippen molar-refractivity contribution < 1.29 is 4.74 Å². The Morgan fingerprint density at radius 3 is 2.11 bits per heavy atom. The minimum Gasteiger partial charge on any atom is -0.373 e. The smallest absolute Gasteiger partial charge is 0.0832 e. The van der Waals surface area contributed by atoms with Crippen LogP contribution >= 0.6 is 0 Å². The zero-order valence-corrected chi connectivity index (χ0v) is 12.7. The van der Waals surface area contributed by atoms with Gasteiger partial charge in [0.15, 0.2) is 0 Å². The summed E-state index contributed by atoms with van der Waals surface area (Å²) in [6.45, 7) is 12.7. The molecule has 2 nitrogen and oxygen atoms in total. The van der Waals surface area contributed by atoms with Gasteiger partial charge in [-0.3, -0.25) is 4.90 Å². The Balaban J connectivity index is 1.59. The summed E-state index contributed by atoms with van der Waals surface area (Å²) < 4.78 is 5.81. The van der Waals surface area contributed by atoms with Crippen LogP contribution in [0.5, 0.6) is 0 Å². The maximum atomic E-state index is 5.81. The lowest BCUT2D eigenvalue weighted by molar-refractivity contribution is -0.0860. The van der Waals surface area contributed by atoms with Crippen LogP contribution in [0.2, 0.25) is 0 Å². The van der Waals surface area contributed by atoms with Crippen molar-refractivity contribution in [1.29, 1.82) is 0 Å². The van der Waals surface area contributed by atoms with E-state index in [9.17, 15) is 0 Å². The predicted molar refractivity (Wildman–Crippen MR) is 76.7 cm³/mol. The van der Waals surface area contributed by atoms with Gasteiger partial charge < -0.3 is 4.74 Å². The Hall–Kier alpha value is -0.0800. The third-order valence-corrected chi connectivity index (χ3v) is 4.74. The maximum absolute atomic E-state index is 5.81. The quantitative estimate of drug-likeness (QED) is 0.743. The number of hydrogen-bond acceptors (Lipinski definition) is 2. The van der Waals surface area contributed by atoms with Crippen LogP contribution in [0.3, 0.4) is 0 Å². The first-order chi connectivity index (χ1) is 8.54. The number of nitrogens with zero attached hydrogens (tertiary/aromatic N) is 1. The van der Waals surface area contributed by atoms with E-state index in [0.717, 1.165) is 17.8 Å². The van der Waals surface area contributed by atoms with E-state index in [-0.39, 0.29) is 0 Å². The molecule has 0 atom stereocenters. The van der Waals surface area contributed by atoms with Crippen LogP contribution in [0.15, 0.2) is 0 Å². The molecular weight excluding hydrogens is 222 g/mol. The van der Waals surface area contributed by atoms with Gasteiger partial charge >= 0.3 is 0 Å². The number of likely N-dealkylation sites (tertiary alicyclic amines) is 1. The second-order valence-corrected chi connectivity index (χ2v) is 7.05. The zero-order chi connectivity index (χ0) is 13.1. The van der Waals surface area contributed by atoms with Crippen molar-refractivity contribution in [3.63, 3.8) is 0 Å². The summed E-state index contributed by atoms with van der Waals surface area (Å²) in [5.41, 5.74) is 0. The molecule has 0 bridgehead atoms. The lowest BCUT2D eigenvalue weighted by Crippen LogP contribution is -2.54. The SMILES string of the molecule is CC(C)OC1CN(CC2CCC(C(C)C)CC2)C1. The van der Waals surface area contributed by atoms with Crippen molar-refractivity contribution in [2.24, 2.45) is 17.8 Å². The largest absolute Gasteiger partial charge is 0.373 e. The summed E-state index contributed by atoms with van der Waals surface area (Å²) >= 11 is 0. The van der Waals surface area contributed by atoms with E-state index in [2.05, 4.69) is 32.6 Å². The molecule has 1 heterocycles. The Bertz CT molecular complexity index is 237. The first-order valence-electron chi connectivity index (χ1n) is 7.92. The molecule has 0 aromatic carbocycles. The summed E-state index contributed by atoms with van der Waals surface area (Å²) in [4.78, 5) is 2.59. The molecule has 1 saturated heterocycles. The molecule has 0 radical (unpaired) electrons. The van der Waals surface area contributed by atoms with Crippen LogP contribution in [-0.4, -0.2) is 36.7 Å². The highest BCUT2D eigenvalue weighted by molar-refractivity contribution is 4.84. The predicted octanol–water partition coefficient (Wildman–Crippen LogP) is 3.56. The molecule has 2 fully saturated rings. The molecule has 0 N–H and O–H groups in total. The molecule has 106 valence electrons. The van der Waals surface area contributed by atoms with Gasteiger partial charge in [0.2, 0.25) is 0 Å². The van der Waals surface area contributed by atoms with E-state index in [4.69, 9.17) is 4.74 Å². The zero-order valence-electron chi connectivity index (χ0n) is 12.7. The average molecular weight is 253 g/mol. The van der Waals surface area contributed by atoms with Gasteiger partial charge in [0.1, 0.15) is 0 Å². The van der Waals surface area contributed by atoms with E-state index < -0.39 is 0 Å². The molecule has 0 spiro atoms. The van der Waals surface area contributed by atoms with Gasteiger partial charge in [-0.05, 0) is 57.3 Å². The molecular formula is C16H31NO. The fraction of sp³-hybridized carbons (Fsp3) is 1.00. The fourth-order valence-corrected chi connectivity index (χ4v) is 3.55. The van der Waals surface area contributed by atoms with Crippen LogP contribution in [0, 0.1) is 17.8 Å². The summed E-state index contributed by atoms with van der Waals surface area (Å²) in [6, 6.07) is 0. The maximum Gasteiger partial charge on any atom is 0.0832 e. The van der Waals surface area contributed by atoms with E-state index >= 15 is 0 Å². The standard InChI is InChI=1S/C16H31NO/c1-12(2)15-7-5-14(6-8-15)9-17-10-16(11-17)18-13(3)4/h12-16H,5-11H2,1-4H3. The molecule has 0 aromatic rings. The molecule has 2 aliphatic rings. The van der Waals surface area contributed by atoms with Gasteiger partial charge in [0.25, 0.3) is 0 Å². The lowest BCUT2D eigenvalue weighted by atomic mass is 9.76. The van der Waals surface area contributed by atoms with Crippen LogP contribution in [0.25, 0.3) is 0 Å². The van der Waals surface area contributed by atoms with Gasteiger partial charge in [0.05, 0.1) is 12.2 Å². The number of hydrogen-bond donors (Lipinski definition) is 0. The topological polar surface area (TPSA) is 12.5 Å². The number of ether oxygens (including phenoxy) is 1. The minimum absolute atomic E-state index is 0.388. The van der Waals surface area contributed by atoms with E-state index in [1.54, 1.807) is 0 Å². The summed E-state index contributed by atoms with van der Waals surface area (Å²) in [5, 5.41) is 0. The third kappa shape index (κ3) is 3.96.